The number of hydrogen-bond donors (Lipinski definition) is 1. The number of nitrogens with zero attached hydrogens (tertiary/aromatic N) is 1. The third-order valence-corrected chi connectivity index (χ3v) is 4.04. The Hall–Kier alpha value is -0.380. The zero-order valence-corrected chi connectivity index (χ0v) is 12.4. The summed E-state index contributed by atoms with van der Waals surface area (Å²) in [5.74, 6) is 0.805. The number of hydrogen-bond acceptors (Lipinski definition) is 3. The Morgan fingerprint density at radius 1 is 1.35 bits per heavy atom. The molecule has 0 aliphatic heterocycles. The van der Waals surface area contributed by atoms with Gasteiger partial charge in [-0.1, -0.05) is 13.8 Å². The van der Waals surface area contributed by atoms with Gasteiger partial charge in [-0.05, 0) is 49.9 Å². The molecule has 98 valence electrons. The summed E-state index contributed by atoms with van der Waals surface area (Å²) in [4.78, 5) is 3.88. The van der Waals surface area contributed by atoms with Crippen LogP contribution in [0.2, 0.25) is 0 Å². The molecule has 2 nitrogen and oxygen atoms in total. The first kappa shape index (κ1) is 14.7. The van der Waals surface area contributed by atoms with Crippen LogP contribution in [0.3, 0.4) is 0 Å². The zero-order chi connectivity index (χ0) is 12.7. The normalized spacial score (nSPS) is 11.6. The largest absolute Gasteiger partial charge is 0.311 e. The van der Waals surface area contributed by atoms with Crippen molar-refractivity contribution in [2.24, 2.45) is 5.92 Å². The van der Waals surface area contributed by atoms with Gasteiger partial charge in [0, 0.05) is 24.5 Å². The highest BCUT2D eigenvalue weighted by Gasteiger charge is 2.01. The van der Waals surface area contributed by atoms with Crippen LogP contribution in [0.1, 0.15) is 30.7 Å². The number of thiophene rings is 1. The fraction of sp³-hybridized carbons (Fsp3) is 0.714. The summed E-state index contributed by atoms with van der Waals surface area (Å²) in [6.07, 6.45) is 1.29. The molecule has 0 aliphatic rings. The van der Waals surface area contributed by atoms with Crippen LogP contribution in [-0.4, -0.2) is 31.6 Å². The first-order valence-electron chi connectivity index (χ1n) is 6.52. The molecule has 0 amide bonds. The lowest BCUT2D eigenvalue weighted by atomic mass is 10.1. The van der Waals surface area contributed by atoms with Gasteiger partial charge < -0.3 is 10.2 Å². The van der Waals surface area contributed by atoms with E-state index < -0.39 is 0 Å². The molecule has 0 radical (unpaired) electrons. The van der Waals surface area contributed by atoms with Gasteiger partial charge in [0.05, 0.1) is 0 Å². The first-order chi connectivity index (χ1) is 8.09. The maximum absolute atomic E-state index is 3.52. The van der Waals surface area contributed by atoms with Crippen molar-refractivity contribution in [3.05, 3.63) is 21.9 Å². The topological polar surface area (TPSA) is 15.3 Å². The van der Waals surface area contributed by atoms with E-state index in [4.69, 9.17) is 0 Å². The molecule has 1 aromatic heterocycles. The lowest BCUT2D eigenvalue weighted by molar-refractivity contribution is 0.309. The average molecular weight is 254 g/mol. The number of nitrogens with one attached hydrogen (secondary N) is 1. The molecule has 1 rings (SSSR count). The van der Waals surface area contributed by atoms with Crippen LogP contribution in [0.25, 0.3) is 0 Å². The quantitative estimate of drug-likeness (QED) is 0.717. The summed E-state index contributed by atoms with van der Waals surface area (Å²) in [5, 5.41) is 5.68. The van der Waals surface area contributed by atoms with Crippen LogP contribution < -0.4 is 5.32 Å². The Labute approximate surface area is 110 Å². The molecule has 1 heterocycles. The third-order valence-electron chi connectivity index (χ3n) is 3.01. The first-order valence-corrected chi connectivity index (χ1v) is 7.39. The van der Waals surface area contributed by atoms with Crippen LogP contribution in [0.15, 0.2) is 11.4 Å². The molecular formula is C14H26N2S. The van der Waals surface area contributed by atoms with Crippen molar-refractivity contribution < 1.29 is 0 Å². The summed E-state index contributed by atoms with van der Waals surface area (Å²) < 4.78 is 0. The minimum absolute atomic E-state index is 0.805. The van der Waals surface area contributed by atoms with Crippen molar-refractivity contribution in [1.82, 2.24) is 10.2 Å². The van der Waals surface area contributed by atoms with E-state index in [2.05, 4.69) is 49.5 Å². The fourth-order valence-electron chi connectivity index (χ4n) is 1.65. The predicted molar refractivity (Wildman–Crippen MR) is 77.7 cm³/mol. The van der Waals surface area contributed by atoms with Crippen LogP contribution in [0.5, 0.6) is 0 Å². The van der Waals surface area contributed by atoms with E-state index >= 15 is 0 Å². The maximum Gasteiger partial charge on any atom is 0.0302 e. The van der Waals surface area contributed by atoms with Crippen LogP contribution >= 0.6 is 11.3 Å². The van der Waals surface area contributed by atoms with Crippen molar-refractivity contribution in [2.45, 2.75) is 33.7 Å². The average Bonchev–Trinajstić information content (AvgIpc) is 2.68. The van der Waals surface area contributed by atoms with E-state index in [-0.39, 0.29) is 0 Å². The Balaban J connectivity index is 2.06. The Morgan fingerprint density at radius 3 is 2.71 bits per heavy atom. The van der Waals surface area contributed by atoms with Gasteiger partial charge in [0.15, 0.2) is 0 Å². The molecular weight excluding hydrogens is 228 g/mol. The van der Waals surface area contributed by atoms with Crippen LogP contribution in [0, 0.1) is 12.8 Å². The predicted octanol–water partition coefficient (Wildman–Crippen LogP) is 3.12. The second-order valence-corrected chi connectivity index (χ2v) is 6.19. The lowest BCUT2D eigenvalue weighted by Gasteiger charge is -2.17. The van der Waals surface area contributed by atoms with Gasteiger partial charge >= 0.3 is 0 Å². The van der Waals surface area contributed by atoms with Gasteiger partial charge in [0.2, 0.25) is 0 Å². The van der Waals surface area contributed by atoms with E-state index in [0.29, 0.717) is 0 Å². The van der Waals surface area contributed by atoms with E-state index in [1.807, 2.05) is 11.3 Å². The fourth-order valence-corrected chi connectivity index (χ4v) is 2.52. The molecule has 1 N–H and O–H groups in total. The van der Waals surface area contributed by atoms with E-state index in [1.54, 1.807) is 0 Å². The lowest BCUT2D eigenvalue weighted by Crippen LogP contribution is -2.30. The minimum Gasteiger partial charge on any atom is -0.311 e. The highest BCUT2D eigenvalue weighted by atomic mass is 32.1. The number of rotatable bonds is 8. The second-order valence-electron chi connectivity index (χ2n) is 5.19. The minimum atomic E-state index is 0.805. The molecule has 1 aromatic rings. The summed E-state index contributed by atoms with van der Waals surface area (Å²) in [7, 11) is 2.21. The van der Waals surface area contributed by atoms with Crippen molar-refractivity contribution in [2.75, 3.05) is 26.7 Å². The highest BCUT2D eigenvalue weighted by molar-refractivity contribution is 7.10. The smallest absolute Gasteiger partial charge is 0.0302 e. The van der Waals surface area contributed by atoms with Gasteiger partial charge in [-0.3, -0.25) is 0 Å². The summed E-state index contributed by atoms with van der Waals surface area (Å²) >= 11 is 1.85. The molecule has 3 heteroatoms. The van der Waals surface area contributed by atoms with Gasteiger partial charge in [-0.2, -0.15) is 0 Å². The number of aryl methyl sites for hydroxylation is 1. The molecule has 17 heavy (non-hydrogen) atoms. The van der Waals surface area contributed by atoms with Crippen molar-refractivity contribution in [3.63, 3.8) is 0 Å². The molecule has 0 spiro atoms. The van der Waals surface area contributed by atoms with E-state index in [9.17, 15) is 0 Å². The molecule has 0 unspecified atom stereocenters. The van der Waals surface area contributed by atoms with Gasteiger partial charge in [-0.15, -0.1) is 11.3 Å². The van der Waals surface area contributed by atoms with Gasteiger partial charge in [0.1, 0.15) is 0 Å². The summed E-state index contributed by atoms with van der Waals surface area (Å²) in [6, 6.07) is 2.19. The Morgan fingerprint density at radius 2 is 2.12 bits per heavy atom. The second kappa shape index (κ2) is 7.85. The standard InChI is InChI=1S/C14H26N2S/c1-12(2)5-8-16(4)9-7-15-11-14-13(3)6-10-17-14/h6,10,12,15H,5,7-9,11H2,1-4H3. The van der Waals surface area contributed by atoms with Crippen molar-refractivity contribution in [3.8, 4) is 0 Å². The molecule has 0 aromatic carbocycles. The maximum atomic E-state index is 3.52. The molecule has 0 aliphatic carbocycles. The SMILES string of the molecule is Cc1ccsc1CNCCN(C)CCC(C)C. The van der Waals surface area contributed by atoms with E-state index in [0.717, 1.165) is 25.6 Å². The molecule has 0 saturated carbocycles. The highest BCUT2D eigenvalue weighted by Crippen LogP contribution is 2.14. The number of likely N-dealkylation sites (N-methyl/N-ethyl adjacent to an activating group) is 1. The van der Waals surface area contributed by atoms with Crippen molar-refractivity contribution in [1.29, 1.82) is 0 Å². The van der Waals surface area contributed by atoms with Crippen LogP contribution in [-0.2, 0) is 6.54 Å². The molecule has 0 bridgehead atoms. The summed E-state index contributed by atoms with van der Waals surface area (Å²) in [6.45, 7) is 11.2. The van der Waals surface area contributed by atoms with Crippen LogP contribution in [0.4, 0.5) is 0 Å². The Kier molecular flexibility index (Phi) is 6.78. The monoisotopic (exact) mass is 254 g/mol. The summed E-state index contributed by atoms with van der Waals surface area (Å²) in [5.41, 5.74) is 1.41. The molecule has 0 atom stereocenters. The molecule has 0 saturated heterocycles. The zero-order valence-electron chi connectivity index (χ0n) is 11.6. The third kappa shape index (κ3) is 6.20. The Bertz CT molecular complexity index is 307. The van der Waals surface area contributed by atoms with E-state index in [1.165, 1.54) is 23.4 Å². The van der Waals surface area contributed by atoms with Crippen molar-refractivity contribution >= 4 is 11.3 Å². The van der Waals surface area contributed by atoms with Gasteiger partial charge in [0.25, 0.3) is 0 Å². The molecule has 0 fully saturated rings. The van der Waals surface area contributed by atoms with Gasteiger partial charge in [-0.25, -0.2) is 0 Å².